The van der Waals surface area contributed by atoms with Crippen molar-refractivity contribution >= 4 is 21.6 Å². The van der Waals surface area contributed by atoms with Crippen LogP contribution in [0.4, 0.5) is 5.69 Å². The lowest BCUT2D eigenvalue weighted by molar-refractivity contribution is -0.122. The molecule has 7 nitrogen and oxygen atoms in total. The number of nitrogens with one attached hydrogen (secondary N) is 1. The quantitative estimate of drug-likeness (QED) is 0.727. The van der Waals surface area contributed by atoms with Gasteiger partial charge in [0.25, 0.3) is 0 Å². The van der Waals surface area contributed by atoms with Crippen LogP contribution in [0, 0.1) is 13.8 Å². The van der Waals surface area contributed by atoms with E-state index < -0.39 is 16.1 Å². The molecule has 30 heavy (non-hydrogen) atoms. The molecule has 0 unspecified atom stereocenters. The molecule has 1 aliphatic rings. The second-order valence-corrected chi connectivity index (χ2v) is 9.43. The van der Waals surface area contributed by atoms with E-state index >= 15 is 0 Å². The van der Waals surface area contributed by atoms with E-state index in [2.05, 4.69) is 5.32 Å². The molecule has 2 aromatic rings. The lowest BCUT2D eigenvalue weighted by Crippen LogP contribution is -2.51. The van der Waals surface area contributed by atoms with E-state index in [1.54, 1.807) is 19.1 Å². The number of sulfonamides is 1. The topological polar surface area (TPSA) is 84.9 Å². The Hall–Kier alpha value is -2.74. The second kappa shape index (κ2) is 8.95. The fourth-order valence-electron chi connectivity index (χ4n) is 3.63. The summed E-state index contributed by atoms with van der Waals surface area (Å²) in [6.45, 7) is 6.11. The van der Waals surface area contributed by atoms with Gasteiger partial charge in [-0.1, -0.05) is 25.1 Å². The summed E-state index contributed by atoms with van der Waals surface area (Å²) in [7, 11) is -3.67. The number of nitrogens with zero attached hydrogens (tertiary/aromatic N) is 1. The zero-order chi connectivity index (χ0) is 21.9. The number of hydrogen-bond acceptors (Lipinski definition) is 5. The van der Waals surface area contributed by atoms with Crippen molar-refractivity contribution in [3.8, 4) is 11.5 Å². The van der Waals surface area contributed by atoms with E-state index in [-0.39, 0.29) is 18.6 Å². The number of anilines is 1. The highest BCUT2D eigenvalue weighted by Crippen LogP contribution is 2.30. The number of benzene rings is 2. The minimum Gasteiger partial charge on any atom is -0.486 e. The molecule has 2 aromatic carbocycles. The molecule has 0 saturated carbocycles. The van der Waals surface area contributed by atoms with Gasteiger partial charge in [0.15, 0.2) is 11.5 Å². The first-order chi connectivity index (χ1) is 14.2. The maximum Gasteiger partial charge on any atom is 0.244 e. The lowest BCUT2D eigenvalue weighted by atomic mass is 10.1. The molecule has 3 rings (SSSR count). The fraction of sp³-hybridized carbons (Fsp3) is 0.409. The molecule has 0 aromatic heterocycles. The van der Waals surface area contributed by atoms with Gasteiger partial charge in [-0.2, -0.15) is 0 Å². The van der Waals surface area contributed by atoms with Crippen molar-refractivity contribution in [2.75, 3.05) is 23.7 Å². The Bertz CT molecular complexity index is 1000. The highest BCUT2D eigenvalue weighted by molar-refractivity contribution is 7.92. The van der Waals surface area contributed by atoms with Crippen LogP contribution in [0.1, 0.15) is 24.5 Å². The maximum atomic E-state index is 13.0. The second-order valence-electron chi connectivity index (χ2n) is 7.57. The zero-order valence-corrected chi connectivity index (χ0v) is 18.5. The predicted octanol–water partition coefficient (Wildman–Crippen LogP) is 2.80. The third kappa shape index (κ3) is 5.05. The van der Waals surface area contributed by atoms with Crippen LogP contribution in [0.15, 0.2) is 42.5 Å². The van der Waals surface area contributed by atoms with Crippen LogP contribution in [0.3, 0.4) is 0 Å². The Morgan fingerprint density at radius 1 is 1.17 bits per heavy atom. The van der Waals surface area contributed by atoms with Gasteiger partial charge < -0.3 is 14.8 Å². The Labute approximate surface area is 178 Å². The van der Waals surface area contributed by atoms with Crippen LogP contribution in [0.25, 0.3) is 0 Å². The Balaban J connectivity index is 1.75. The molecular weight excluding hydrogens is 404 g/mol. The smallest absolute Gasteiger partial charge is 0.244 e. The number of aryl methyl sites for hydroxylation is 2. The van der Waals surface area contributed by atoms with E-state index in [0.717, 1.165) is 17.4 Å². The van der Waals surface area contributed by atoms with Gasteiger partial charge in [0.1, 0.15) is 18.8 Å². The van der Waals surface area contributed by atoms with Crippen molar-refractivity contribution in [2.45, 2.75) is 39.3 Å². The number of rotatable bonds is 7. The molecule has 1 aliphatic heterocycles. The van der Waals surface area contributed by atoms with Crippen molar-refractivity contribution in [1.29, 1.82) is 0 Å². The number of fused-ring (bicyclic) bond motifs is 1. The van der Waals surface area contributed by atoms with Gasteiger partial charge in [0, 0.05) is 0 Å². The summed E-state index contributed by atoms with van der Waals surface area (Å²) in [5.41, 5.74) is 2.35. The Kier molecular flexibility index (Phi) is 6.55. The lowest BCUT2D eigenvalue weighted by Gasteiger charge is -2.31. The minimum atomic E-state index is -3.67. The fourth-order valence-corrected chi connectivity index (χ4v) is 4.83. The molecule has 0 saturated heterocycles. The van der Waals surface area contributed by atoms with Crippen LogP contribution in [-0.4, -0.2) is 45.9 Å². The van der Waals surface area contributed by atoms with Gasteiger partial charge in [0.05, 0.1) is 18.5 Å². The van der Waals surface area contributed by atoms with Crippen LogP contribution in [-0.2, 0) is 14.8 Å². The highest BCUT2D eigenvalue weighted by Gasteiger charge is 2.32. The third-order valence-corrected chi connectivity index (χ3v) is 6.04. The summed E-state index contributed by atoms with van der Waals surface area (Å²) >= 11 is 0. The Morgan fingerprint density at radius 2 is 1.80 bits per heavy atom. The summed E-state index contributed by atoms with van der Waals surface area (Å²) < 4.78 is 37.9. The molecule has 1 N–H and O–H groups in total. The molecular formula is C22H28N2O5S. The first-order valence-corrected chi connectivity index (χ1v) is 11.8. The molecule has 1 amide bonds. The van der Waals surface area contributed by atoms with Crippen LogP contribution >= 0.6 is 0 Å². The van der Waals surface area contributed by atoms with Gasteiger partial charge in [0.2, 0.25) is 15.9 Å². The normalized spacial score (nSPS) is 16.6. The van der Waals surface area contributed by atoms with Crippen LogP contribution in [0.5, 0.6) is 11.5 Å². The van der Waals surface area contributed by atoms with E-state index in [0.29, 0.717) is 30.2 Å². The van der Waals surface area contributed by atoms with Crippen molar-refractivity contribution in [2.24, 2.45) is 0 Å². The number of amides is 1. The number of ether oxygens (including phenoxy) is 2. The van der Waals surface area contributed by atoms with Gasteiger partial charge in [-0.3, -0.25) is 9.10 Å². The van der Waals surface area contributed by atoms with Gasteiger partial charge >= 0.3 is 0 Å². The largest absolute Gasteiger partial charge is 0.486 e. The monoisotopic (exact) mass is 432 g/mol. The van der Waals surface area contributed by atoms with Crippen LogP contribution in [0.2, 0.25) is 0 Å². The molecule has 8 heteroatoms. The average Bonchev–Trinajstić information content (AvgIpc) is 2.68. The standard InChI is InChI=1S/C22H28N2O5S/c1-5-19(24(30(4,26)27)17-11-15(2)10-16(3)12-17)22(25)23-13-18-14-28-20-8-6-7-9-21(20)29-18/h6-12,18-19H,5,13-14H2,1-4H3,(H,23,25)/t18-,19-/m0/s1. The SMILES string of the molecule is CC[C@@H](C(=O)NC[C@H]1COc2ccccc2O1)N(c1cc(C)cc(C)c1)S(C)(=O)=O. The molecule has 2 atom stereocenters. The van der Waals surface area contributed by atoms with E-state index in [4.69, 9.17) is 9.47 Å². The highest BCUT2D eigenvalue weighted by atomic mass is 32.2. The van der Waals surface area contributed by atoms with Gasteiger partial charge in [-0.05, 0) is 55.7 Å². The Morgan fingerprint density at radius 3 is 2.40 bits per heavy atom. The summed E-state index contributed by atoms with van der Waals surface area (Å²) in [5, 5.41) is 2.84. The number of carbonyl (C=O) groups is 1. The zero-order valence-electron chi connectivity index (χ0n) is 17.7. The van der Waals surface area contributed by atoms with Crippen molar-refractivity contribution < 1.29 is 22.7 Å². The first kappa shape index (κ1) is 22.0. The molecule has 0 fully saturated rings. The van der Waals surface area contributed by atoms with E-state index in [1.165, 1.54) is 4.31 Å². The number of carbonyl (C=O) groups excluding carboxylic acids is 1. The molecule has 1 heterocycles. The summed E-state index contributed by atoms with van der Waals surface area (Å²) in [5.74, 6) is 0.928. The molecule has 0 bridgehead atoms. The maximum absolute atomic E-state index is 13.0. The first-order valence-electron chi connectivity index (χ1n) is 9.93. The van der Waals surface area contributed by atoms with Crippen molar-refractivity contribution in [1.82, 2.24) is 5.32 Å². The van der Waals surface area contributed by atoms with Gasteiger partial charge in [-0.15, -0.1) is 0 Å². The van der Waals surface area contributed by atoms with Crippen molar-refractivity contribution in [3.05, 3.63) is 53.6 Å². The predicted molar refractivity (Wildman–Crippen MR) is 117 cm³/mol. The van der Waals surface area contributed by atoms with E-state index in [9.17, 15) is 13.2 Å². The van der Waals surface area contributed by atoms with Crippen molar-refractivity contribution in [3.63, 3.8) is 0 Å². The minimum absolute atomic E-state index is 0.216. The average molecular weight is 433 g/mol. The number of hydrogen-bond donors (Lipinski definition) is 1. The van der Waals surface area contributed by atoms with E-state index in [1.807, 2.05) is 44.2 Å². The third-order valence-electron chi connectivity index (χ3n) is 4.86. The number of para-hydroxylation sites is 2. The summed E-state index contributed by atoms with van der Waals surface area (Å²) in [4.78, 5) is 13.0. The summed E-state index contributed by atoms with van der Waals surface area (Å²) in [6, 6.07) is 12.0. The molecule has 0 radical (unpaired) electrons. The molecule has 0 aliphatic carbocycles. The summed E-state index contributed by atoms with van der Waals surface area (Å²) in [6.07, 6.45) is 1.10. The van der Waals surface area contributed by atoms with Crippen LogP contribution < -0.4 is 19.1 Å². The molecule has 162 valence electrons. The molecule has 0 spiro atoms. The van der Waals surface area contributed by atoms with Gasteiger partial charge in [-0.25, -0.2) is 8.42 Å².